The molecule has 0 saturated carbocycles. The van der Waals surface area contributed by atoms with Crippen LogP contribution in [0.2, 0.25) is 0 Å². The Bertz CT molecular complexity index is 829. The van der Waals surface area contributed by atoms with E-state index in [2.05, 4.69) is 4.90 Å². The number of aryl methyl sites for hydroxylation is 1. The highest BCUT2D eigenvalue weighted by Crippen LogP contribution is 2.33. The molecule has 0 unspecified atom stereocenters. The highest BCUT2D eigenvalue weighted by molar-refractivity contribution is 7.94. The first-order valence-electron chi connectivity index (χ1n) is 10.4. The fourth-order valence-corrected chi connectivity index (χ4v) is 4.77. The lowest BCUT2D eigenvalue weighted by molar-refractivity contribution is -0.167. The maximum absolute atomic E-state index is 13.4. The summed E-state index contributed by atoms with van der Waals surface area (Å²) in [5, 5.41) is 1.20. The van der Waals surface area contributed by atoms with E-state index in [0.717, 1.165) is 31.5 Å². The molecule has 0 spiro atoms. The predicted molar refractivity (Wildman–Crippen MR) is 116 cm³/mol. The smallest absolute Gasteiger partial charge is 0.331 e. The van der Waals surface area contributed by atoms with Gasteiger partial charge in [-0.15, -0.1) is 0 Å². The topological polar surface area (TPSA) is 63.7 Å². The van der Waals surface area contributed by atoms with Gasteiger partial charge in [0.2, 0.25) is 0 Å². The van der Waals surface area contributed by atoms with E-state index < -0.39 is 21.0 Å². The van der Waals surface area contributed by atoms with Crippen molar-refractivity contribution in [1.29, 1.82) is 0 Å². The molecule has 1 fully saturated rings. The van der Waals surface area contributed by atoms with Crippen LogP contribution in [0.15, 0.2) is 40.6 Å². The van der Waals surface area contributed by atoms with Crippen LogP contribution in [0, 0.1) is 12.8 Å². The molecule has 1 atom stereocenters. The minimum atomic E-state index is -3.67. The second kappa shape index (κ2) is 9.00. The third kappa shape index (κ3) is 6.16. The van der Waals surface area contributed by atoms with Gasteiger partial charge < -0.3 is 4.74 Å². The zero-order valence-electron chi connectivity index (χ0n) is 18.6. The normalized spacial score (nSPS) is 18.3. The van der Waals surface area contributed by atoms with E-state index in [1.54, 1.807) is 30.3 Å². The van der Waals surface area contributed by atoms with Crippen molar-refractivity contribution in [3.05, 3.63) is 41.3 Å². The minimum absolute atomic E-state index is 0.190. The number of hydrogen-bond acceptors (Lipinski definition) is 5. The van der Waals surface area contributed by atoms with E-state index in [9.17, 15) is 13.2 Å². The third-order valence-corrected chi connectivity index (χ3v) is 6.44. The van der Waals surface area contributed by atoms with Crippen LogP contribution in [0.25, 0.3) is 0 Å². The summed E-state index contributed by atoms with van der Waals surface area (Å²) in [5.74, 6) is -0.189. The first-order valence-corrected chi connectivity index (χ1v) is 11.9. The van der Waals surface area contributed by atoms with Gasteiger partial charge in [-0.25, -0.2) is 13.2 Å². The Morgan fingerprint density at radius 2 is 1.69 bits per heavy atom. The minimum Gasteiger partial charge on any atom is -0.458 e. The van der Waals surface area contributed by atoms with Gasteiger partial charge in [0.15, 0.2) is 9.84 Å². The summed E-state index contributed by atoms with van der Waals surface area (Å²) < 4.78 is 31.7. The summed E-state index contributed by atoms with van der Waals surface area (Å²) in [6, 6.07) is 6.75. The van der Waals surface area contributed by atoms with Crippen molar-refractivity contribution in [3.63, 3.8) is 0 Å². The standard InChI is InChI=1S/C23H35NO4S/c1-18(2)17-23(24-14-7-8-15-24,21(25)28-22(4,5)6)13-16-29(26,27)20-11-9-19(3)10-12-20/h9-13,16,18H,7-8,14-15,17H2,1-6H3/b16-13+/t23-/m1/s1. The van der Waals surface area contributed by atoms with Gasteiger partial charge in [-0.3, -0.25) is 4.90 Å². The molecule has 162 valence electrons. The molecule has 1 aliphatic rings. The molecule has 0 aliphatic carbocycles. The van der Waals surface area contributed by atoms with Crippen molar-refractivity contribution in [1.82, 2.24) is 4.90 Å². The highest BCUT2D eigenvalue weighted by atomic mass is 32.2. The quantitative estimate of drug-likeness (QED) is 0.606. The summed E-state index contributed by atoms with van der Waals surface area (Å²) in [6.45, 7) is 13.0. The largest absolute Gasteiger partial charge is 0.458 e. The maximum atomic E-state index is 13.4. The first-order chi connectivity index (χ1) is 13.4. The summed E-state index contributed by atoms with van der Waals surface area (Å²) in [4.78, 5) is 15.7. The van der Waals surface area contributed by atoms with E-state index in [1.165, 1.54) is 5.41 Å². The molecule has 1 saturated heterocycles. The van der Waals surface area contributed by atoms with E-state index in [0.29, 0.717) is 6.42 Å². The van der Waals surface area contributed by atoms with Gasteiger partial charge in [0.1, 0.15) is 11.1 Å². The number of ether oxygens (including phenoxy) is 1. The lowest BCUT2D eigenvalue weighted by Gasteiger charge is -2.40. The Morgan fingerprint density at radius 1 is 1.14 bits per heavy atom. The number of benzene rings is 1. The molecular weight excluding hydrogens is 386 g/mol. The van der Waals surface area contributed by atoms with Gasteiger partial charge in [0, 0.05) is 5.41 Å². The molecule has 6 heteroatoms. The van der Waals surface area contributed by atoms with Crippen LogP contribution < -0.4 is 0 Å². The fourth-order valence-electron chi connectivity index (χ4n) is 3.70. The fraction of sp³-hybridized carbons (Fsp3) is 0.609. The number of sulfone groups is 1. The Balaban J connectivity index is 2.50. The third-order valence-electron chi connectivity index (χ3n) is 5.01. The van der Waals surface area contributed by atoms with E-state index in [-0.39, 0.29) is 16.8 Å². The molecule has 1 aromatic carbocycles. The van der Waals surface area contributed by atoms with E-state index >= 15 is 0 Å². The van der Waals surface area contributed by atoms with Crippen LogP contribution in [0.4, 0.5) is 0 Å². The first kappa shape index (κ1) is 23.6. The Labute approximate surface area is 176 Å². The molecular formula is C23H35NO4S. The lowest BCUT2D eigenvalue weighted by Crippen LogP contribution is -2.55. The highest BCUT2D eigenvalue weighted by Gasteiger charge is 2.46. The van der Waals surface area contributed by atoms with Crippen LogP contribution in [-0.4, -0.2) is 43.5 Å². The van der Waals surface area contributed by atoms with Gasteiger partial charge in [-0.05, 0) is 84.2 Å². The second-order valence-electron chi connectivity index (χ2n) is 9.38. The molecule has 0 bridgehead atoms. The van der Waals surface area contributed by atoms with Crippen molar-refractivity contribution in [3.8, 4) is 0 Å². The summed E-state index contributed by atoms with van der Waals surface area (Å²) in [5.41, 5.74) is -0.744. The SMILES string of the molecule is Cc1ccc(S(=O)(=O)/C=C/[C@@](CC(C)C)(C(=O)OC(C)(C)C)N2CCCC2)cc1. The van der Waals surface area contributed by atoms with Crippen LogP contribution in [0.5, 0.6) is 0 Å². The second-order valence-corrected chi connectivity index (χ2v) is 11.2. The Morgan fingerprint density at radius 3 is 2.17 bits per heavy atom. The zero-order valence-corrected chi connectivity index (χ0v) is 19.4. The van der Waals surface area contributed by atoms with Gasteiger partial charge in [0.05, 0.1) is 4.90 Å². The number of rotatable bonds is 7. The van der Waals surface area contributed by atoms with Crippen molar-refractivity contribution >= 4 is 15.8 Å². The number of esters is 1. The lowest BCUT2D eigenvalue weighted by atomic mass is 9.87. The summed E-state index contributed by atoms with van der Waals surface area (Å²) >= 11 is 0. The van der Waals surface area contributed by atoms with Crippen LogP contribution in [-0.2, 0) is 19.4 Å². The zero-order chi connectivity index (χ0) is 21.9. The Kier molecular flexibility index (Phi) is 7.33. The monoisotopic (exact) mass is 421 g/mol. The number of likely N-dealkylation sites (tertiary alicyclic amines) is 1. The molecule has 1 aromatic rings. The predicted octanol–water partition coefficient (Wildman–Crippen LogP) is 4.50. The maximum Gasteiger partial charge on any atom is 0.331 e. The number of nitrogens with zero attached hydrogens (tertiary/aromatic N) is 1. The number of carbonyl (C=O) groups excluding carboxylic acids is 1. The van der Waals surface area contributed by atoms with E-state index in [1.807, 2.05) is 41.5 Å². The van der Waals surface area contributed by atoms with Crippen molar-refractivity contribution in [2.24, 2.45) is 5.92 Å². The average Bonchev–Trinajstić information content (AvgIpc) is 3.12. The molecule has 0 N–H and O–H groups in total. The average molecular weight is 422 g/mol. The molecule has 0 amide bonds. The van der Waals surface area contributed by atoms with E-state index in [4.69, 9.17) is 4.74 Å². The van der Waals surface area contributed by atoms with Crippen LogP contribution in [0.1, 0.15) is 59.4 Å². The number of hydrogen-bond donors (Lipinski definition) is 0. The molecule has 0 radical (unpaired) electrons. The molecule has 0 aromatic heterocycles. The van der Waals surface area contributed by atoms with Gasteiger partial charge in [-0.2, -0.15) is 0 Å². The van der Waals surface area contributed by atoms with Crippen LogP contribution >= 0.6 is 0 Å². The number of carbonyl (C=O) groups is 1. The van der Waals surface area contributed by atoms with Crippen LogP contribution in [0.3, 0.4) is 0 Å². The summed E-state index contributed by atoms with van der Waals surface area (Å²) in [6.07, 6.45) is 4.05. The molecule has 5 nitrogen and oxygen atoms in total. The van der Waals surface area contributed by atoms with Gasteiger partial charge in [-0.1, -0.05) is 31.5 Å². The summed E-state index contributed by atoms with van der Waals surface area (Å²) in [7, 11) is -3.67. The molecule has 2 rings (SSSR count). The van der Waals surface area contributed by atoms with Gasteiger partial charge >= 0.3 is 5.97 Å². The molecule has 29 heavy (non-hydrogen) atoms. The molecule has 1 aliphatic heterocycles. The van der Waals surface area contributed by atoms with Crippen molar-refractivity contribution < 1.29 is 17.9 Å². The molecule has 1 heterocycles. The van der Waals surface area contributed by atoms with Gasteiger partial charge in [0.25, 0.3) is 0 Å². The Hall–Kier alpha value is -1.66. The van der Waals surface area contributed by atoms with Crippen molar-refractivity contribution in [2.45, 2.75) is 76.8 Å². The van der Waals surface area contributed by atoms with Crippen molar-refractivity contribution in [2.75, 3.05) is 13.1 Å².